The number of unbranched alkanes of at least 4 members (excludes halogenated alkanes) is 19. The van der Waals surface area contributed by atoms with Gasteiger partial charge < -0.3 is 34.1 Å². The van der Waals surface area contributed by atoms with Gasteiger partial charge in [-0.3, -0.25) is 4.79 Å². The summed E-state index contributed by atoms with van der Waals surface area (Å²) in [7, 11) is 4.05. The van der Waals surface area contributed by atoms with E-state index in [1.807, 2.05) is 32.3 Å². The predicted molar refractivity (Wildman–Crippen MR) is 235 cm³/mol. The summed E-state index contributed by atoms with van der Waals surface area (Å²) in [5.74, 6) is -0.0269. The van der Waals surface area contributed by atoms with Crippen molar-refractivity contribution < 1.29 is 23.7 Å². The molecule has 1 N–H and O–H groups in total. The van der Waals surface area contributed by atoms with Crippen molar-refractivity contribution in [2.45, 2.75) is 168 Å². The normalized spacial score (nSPS) is 11.7. The fourth-order valence-corrected chi connectivity index (χ4v) is 6.58. The van der Waals surface area contributed by atoms with Crippen LogP contribution < -0.4 is 10.2 Å². The second-order valence-electron chi connectivity index (χ2n) is 15.6. The van der Waals surface area contributed by atoms with Gasteiger partial charge in [0.25, 0.3) is 0 Å². The molecule has 1 aromatic rings. The fourth-order valence-electron chi connectivity index (χ4n) is 6.58. The van der Waals surface area contributed by atoms with Crippen molar-refractivity contribution in [3.8, 4) is 0 Å². The van der Waals surface area contributed by atoms with E-state index >= 15 is 0 Å². The molecule has 1 aromatic carbocycles. The maximum absolute atomic E-state index is 12.3. The standard InChI is InChI=1S/C47H87N3O5/c1-5-7-9-11-13-15-19-25-39-52-43-54-41-27-23-37-50(38-24-28-42-55-44-53-40-26-20-16-14-12-10-8-6-2)36-22-18-17-21-35-48-47(51)34-31-45-29-32-46(33-30-45)49(3)4/h29-34H,5-28,35-44H2,1-4H3,(H,48,51)/b34-31+. The monoisotopic (exact) mass is 774 g/mol. The molecule has 0 atom stereocenters. The topological polar surface area (TPSA) is 72.5 Å². The summed E-state index contributed by atoms with van der Waals surface area (Å²) in [6.45, 7) is 12.6. The van der Waals surface area contributed by atoms with E-state index in [2.05, 4.69) is 41.1 Å². The summed E-state index contributed by atoms with van der Waals surface area (Å²) in [6, 6.07) is 8.20. The van der Waals surface area contributed by atoms with Gasteiger partial charge in [0.05, 0.1) is 0 Å². The Labute approximate surface area is 339 Å². The zero-order valence-corrected chi connectivity index (χ0v) is 36.4. The van der Waals surface area contributed by atoms with Crippen LogP contribution in [0, 0.1) is 0 Å². The molecule has 55 heavy (non-hydrogen) atoms. The Morgan fingerprint density at radius 1 is 0.527 bits per heavy atom. The number of ether oxygens (including phenoxy) is 4. The number of carbonyl (C=O) groups is 1. The Morgan fingerprint density at radius 3 is 1.36 bits per heavy atom. The van der Waals surface area contributed by atoms with Gasteiger partial charge in [0, 0.05) is 58.8 Å². The molecule has 0 aliphatic carbocycles. The third-order valence-corrected chi connectivity index (χ3v) is 10.2. The van der Waals surface area contributed by atoms with Crippen LogP contribution in [0.15, 0.2) is 30.3 Å². The highest BCUT2D eigenvalue weighted by Crippen LogP contribution is 2.14. The van der Waals surface area contributed by atoms with E-state index in [9.17, 15) is 4.79 Å². The number of hydrogen-bond donors (Lipinski definition) is 1. The van der Waals surface area contributed by atoms with Crippen LogP contribution in [0.3, 0.4) is 0 Å². The molecule has 0 heterocycles. The lowest BCUT2D eigenvalue weighted by Crippen LogP contribution is -2.28. The Balaban J connectivity index is 2.19. The van der Waals surface area contributed by atoms with Gasteiger partial charge in [0.15, 0.2) is 0 Å². The zero-order valence-electron chi connectivity index (χ0n) is 36.4. The van der Waals surface area contributed by atoms with E-state index in [0.717, 1.165) is 115 Å². The number of carbonyl (C=O) groups excluding carboxylic acids is 1. The molecule has 1 amide bonds. The summed E-state index contributed by atoms with van der Waals surface area (Å²) in [5, 5.41) is 3.04. The van der Waals surface area contributed by atoms with E-state index in [1.165, 1.54) is 103 Å². The molecule has 0 aliphatic heterocycles. The van der Waals surface area contributed by atoms with Crippen molar-refractivity contribution >= 4 is 17.7 Å². The highest BCUT2D eigenvalue weighted by atomic mass is 16.7. The highest BCUT2D eigenvalue weighted by molar-refractivity contribution is 5.91. The van der Waals surface area contributed by atoms with Crippen molar-refractivity contribution in [1.29, 1.82) is 0 Å². The van der Waals surface area contributed by atoms with E-state index in [4.69, 9.17) is 18.9 Å². The SMILES string of the molecule is CCCCCCCCCCOCOCCCCN(CCCCCCNC(=O)/C=C/c1ccc(N(C)C)cc1)CCCCOCOCCCCCCCCCC. The third-order valence-electron chi connectivity index (χ3n) is 10.2. The van der Waals surface area contributed by atoms with Gasteiger partial charge in [-0.2, -0.15) is 0 Å². The average molecular weight is 774 g/mol. The maximum Gasteiger partial charge on any atom is 0.243 e. The molecular weight excluding hydrogens is 687 g/mol. The first-order valence-electron chi connectivity index (χ1n) is 22.8. The number of rotatable bonds is 42. The molecular formula is C47H87N3O5. The number of hydrogen-bond acceptors (Lipinski definition) is 7. The van der Waals surface area contributed by atoms with Gasteiger partial charge >= 0.3 is 0 Å². The molecule has 0 saturated carbocycles. The van der Waals surface area contributed by atoms with E-state index in [-0.39, 0.29) is 5.91 Å². The Morgan fingerprint density at radius 2 is 0.909 bits per heavy atom. The van der Waals surface area contributed by atoms with Crippen molar-refractivity contribution in [3.05, 3.63) is 35.9 Å². The Hall–Kier alpha value is -1.97. The average Bonchev–Trinajstić information content (AvgIpc) is 3.19. The molecule has 320 valence electrons. The van der Waals surface area contributed by atoms with Crippen LogP contribution >= 0.6 is 0 Å². The second-order valence-corrected chi connectivity index (χ2v) is 15.6. The summed E-state index contributed by atoms with van der Waals surface area (Å²) in [6.07, 6.45) is 33.5. The minimum atomic E-state index is -0.0269. The lowest BCUT2D eigenvalue weighted by atomic mass is 10.1. The predicted octanol–water partition coefficient (Wildman–Crippen LogP) is 11.6. The lowest BCUT2D eigenvalue weighted by molar-refractivity contribution is -0.116. The molecule has 0 bridgehead atoms. The van der Waals surface area contributed by atoms with Gasteiger partial charge in [-0.1, -0.05) is 129 Å². The van der Waals surface area contributed by atoms with Crippen LogP contribution in [-0.4, -0.2) is 91.1 Å². The first-order chi connectivity index (χ1) is 27.1. The van der Waals surface area contributed by atoms with Crippen LogP contribution in [0.5, 0.6) is 0 Å². The number of benzene rings is 1. The molecule has 0 saturated heterocycles. The van der Waals surface area contributed by atoms with Crippen molar-refractivity contribution in [2.24, 2.45) is 0 Å². The minimum absolute atomic E-state index is 0.0269. The quantitative estimate of drug-likeness (QED) is 0.0403. The molecule has 1 rings (SSSR count). The van der Waals surface area contributed by atoms with Gasteiger partial charge in [0.1, 0.15) is 13.6 Å². The van der Waals surface area contributed by atoms with Gasteiger partial charge in [-0.05, 0) is 94.8 Å². The van der Waals surface area contributed by atoms with Crippen molar-refractivity contribution in [3.63, 3.8) is 0 Å². The van der Waals surface area contributed by atoms with Crippen molar-refractivity contribution in [2.75, 3.05) is 85.2 Å². The molecule has 0 spiro atoms. The number of nitrogens with one attached hydrogen (secondary N) is 1. The third kappa shape index (κ3) is 35.0. The van der Waals surface area contributed by atoms with E-state index < -0.39 is 0 Å². The van der Waals surface area contributed by atoms with E-state index in [1.54, 1.807) is 6.08 Å². The fraction of sp³-hybridized carbons (Fsp3) is 0.809. The smallest absolute Gasteiger partial charge is 0.243 e. The van der Waals surface area contributed by atoms with Crippen LogP contribution in [0.2, 0.25) is 0 Å². The minimum Gasteiger partial charge on any atom is -0.378 e. The summed E-state index contributed by atoms with van der Waals surface area (Å²) in [5.41, 5.74) is 2.18. The molecule has 0 unspecified atom stereocenters. The molecule has 0 radical (unpaired) electrons. The molecule has 0 aromatic heterocycles. The highest BCUT2D eigenvalue weighted by Gasteiger charge is 2.06. The summed E-state index contributed by atoms with van der Waals surface area (Å²) in [4.78, 5) is 17.0. The first kappa shape index (κ1) is 51.0. The number of anilines is 1. The second kappa shape index (κ2) is 40.2. The number of amides is 1. The van der Waals surface area contributed by atoms with Crippen LogP contribution in [0.25, 0.3) is 6.08 Å². The molecule has 0 aliphatic rings. The largest absolute Gasteiger partial charge is 0.378 e. The summed E-state index contributed by atoms with van der Waals surface area (Å²) >= 11 is 0. The molecule has 0 fully saturated rings. The van der Waals surface area contributed by atoms with Crippen LogP contribution in [0.4, 0.5) is 5.69 Å². The number of nitrogens with zero attached hydrogens (tertiary/aromatic N) is 2. The van der Waals surface area contributed by atoms with Crippen molar-refractivity contribution in [1.82, 2.24) is 10.2 Å². The maximum atomic E-state index is 12.3. The molecule has 8 nitrogen and oxygen atoms in total. The van der Waals surface area contributed by atoms with Gasteiger partial charge in [-0.15, -0.1) is 0 Å². The lowest BCUT2D eigenvalue weighted by Gasteiger charge is -2.22. The first-order valence-corrected chi connectivity index (χ1v) is 22.8. The Bertz CT molecular complexity index is 940. The zero-order chi connectivity index (χ0) is 39.7. The molecule has 8 heteroatoms. The van der Waals surface area contributed by atoms with Gasteiger partial charge in [-0.25, -0.2) is 0 Å². The van der Waals surface area contributed by atoms with Gasteiger partial charge in [0.2, 0.25) is 5.91 Å². The summed E-state index contributed by atoms with van der Waals surface area (Å²) < 4.78 is 23.0. The van der Waals surface area contributed by atoms with Crippen LogP contribution in [0.1, 0.15) is 174 Å². The van der Waals surface area contributed by atoms with Crippen LogP contribution in [-0.2, 0) is 23.7 Å². The van der Waals surface area contributed by atoms with E-state index in [0.29, 0.717) is 13.6 Å². The Kier molecular flexibility index (Phi) is 37.3.